The first-order valence-electron chi connectivity index (χ1n) is 5.66. The van der Waals surface area contributed by atoms with E-state index in [4.69, 9.17) is 0 Å². The lowest BCUT2D eigenvalue weighted by Crippen LogP contribution is -2.25. The van der Waals surface area contributed by atoms with Crippen molar-refractivity contribution in [1.29, 1.82) is 0 Å². The molecule has 0 atom stereocenters. The summed E-state index contributed by atoms with van der Waals surface area (Å²) in [6.07, 6.45) is 3.56. The topological polar surface area (TPSA) is 56.2 Å². The van der Waals surface area contributed by atoms with Crippen molar-refractivity contribution < 1.29 is 23.0 Å². The van der Waals surface area contributed by atoms with Gasteiger partial charge in [-0.05, 0) is 23.3 Å². The summed E-state index contributed by atoms with van der Waals surface area (Å²) in [5.41, 5.74) is 0.819. The second kappa shape index (κ2) is 5.60. The van der Waals surface area contributed by atoms with Gasteiger partial charge in [0.15, 0.2) is 12.4 Å². The van der Waals surface area contributed by atoms with Gasteiger partial charge in [-0.3, -0.25) is 10.1 Å². The third-order valence-electron chi connectivity index (χ3n) is 2.68. The van der Waals surface area contributed by atoms with Crippen LogP contribution in [0.15, 0.2) is 42.7 Å². The maximum atomic E-state index is 12.3. The van der Waals surface area contributed by atoms with E-state index in [1.807, 2.05) is 11.6 Å². The summed E-state index contributed by atoms with van der Waals surface area (Å²) in [6.45, 7) is -3.11. The molecule has 104 valence electrons. The van der Waals surface area contributed by atoms with E-state index >= 15 is 0 Å². The van der Waals surface area contributed by atoms with E-state index < -0.39 is 23.0 Å². The number of nitro benzene ring substituents is 1. The maximum absolute atomic E-state index is 12.3. The number of pyridine rings is 1. The zero-order valence-electron chi connectivity index (χ0n) is 10.5. The molecule has 1 aromatic carbocycles. The Morgan fingerprint density at radius 1 is 1.20 bits per heavy atom. The van der Waals surface area contributed by atoms with Crippen LogP contribution in [0.2, 0.25) is 0 Å². The molecule has 0 bridgehead atoms. The molecular formula is C13H11F2N2O3+. The summed E-state index contributed by atoms with van der Waals surface area (Å²) < 4.78 is 30.6. The van der Waals surface area contributed by atoms with Crippen molar-refractivity contribution in [3.8, 4) is 16.9 Å². The van der Waals surface area contributed by atoms with Gasteiger partial charge in [0.05, 0.1) is 4.92 Å². The van der Waals surface area contributed by atoms with Crippen molar-refractivity contribution >= 4 is 5.69 Å². The normalized spacial score (nSPS) is 10.6. The molecule has 5 nitrogen and oxygen atoms in total. The number of aromatic nitrogens is 1. The second-order valence-electron chi connectivity index (χ2n) is 4.07. The Hall–Kier alpha value is -2.57. The van der Waals surface area contributed by atoms with Crippen molar-refractivity contribution in [3.63, 3.8) is 0 Å². The Kier molecular flexibility index (Phi) is 3.88. The summed E-state index contributed by atoms with van der Waals surface area (Å²) in [6, 6.07) is 7.42. The molecule has 2 rings (SSSR count). The van der Waals surface area contributed by atoms with Gasteiger partial charge in [0.25, 0.3) is 0 Å². The predicted octanol–water partition coefficient (Wildman–Crippen LogP) is 2.69. The summed E-state index contributed by atoms with van der Waals surface area (Å²) in [5.74, 6) is -0.448. The molecular weight excluding hydrogens is 270 g/mol. The van der Waals surface area contributed by atoms with Gasteiger partial charge >= 0.3 is 12.3 Å². The number of nitrogens with zero attached hydrogens (tertiary/aromatic N) is 2. The number of hydrogen-bond acceptors (Lipinski definition) is 3. The third-order valence-corrected chi connectivity index (χ3v) is 2.68. The molecule has 0 aliphatic heterocycles. The van der Waals surface area contributed by atoms with Gasteiger partial charge in [0.1, 0.15) is 7.05 Å². The van der Waals surface area contributed by atoms with Crippen LogP contribution in [0.5, 0.6) is 5.75 Å². The highest BCUT2D eigenvalue weighted by atomic mass is 19.3. The van der Waals surface area contributed by atoms with Crippen molar-refractivity contribution in [3.05, 3.63) is 52.8 Å². The zero-order valence-corrected chi connectivity index (χ0v) is 10.5. The third kappa shape index (κ3) is 3.05. The minimum Gasteiger partial charge on any atom is -0.427 e. The molecule has 1 heterocycles. The zero-order chi connectivity index (χ0) is 14.7. The van der Waals surface area contributed by atoms with Crippen molar-refractivity contribution in [2.24, 2.45) is 7.05 Å². The molecule has 20 heavy (non-hydrogen) atoms. The number of halogens is 2. The van der Waals surface area contributed by atoms with Crippen LogP contribution in [0, 0.1) is 10.1 Å². The van der Waals surface area contributed by atoms with Gasteiger partial charge in [-0.15, -0.1) is 0 Å². The molecule has 0 fully saturated rings. The highest BCUT2D eigenvalue weighted by Crippen LogP contribution is 2.33. The Bertz CT molecular complexity index is 630. The second-order valence-corrected chi connectivity index (χ2v) is 4.07. The van der Waals surface area contributed by atoms with E-state index in [0.29, 0.717) is 5.56 Å². The molecule has 0 N–H and O–H groups in total. The minimum atomic E-state index is -3.11. The van der Waals surface area contributed by atoms with Crippen molar-refractivity contribution in [2.45, 2.75) is 6.61 Å². The van der Waals surface area contributed by atoms with Crippen molar-refractivity contribution in [2.75, 3.05) is 0 Å². The van der Waals surface area contributed by atoms with Gasteiger partial charge in [0, 0.05) is 18.2 Å². The molecule has 2 aromatic rings. The summed E-state index contributed by atoms with van der Waals surface area (Å²) in [5, 5.41) is 10.8. The number of ether oxygens (including phenoxy) is 1. The lowest BCUT2D eigenvalue weighted by Gasteiger charge is -2.07. The number of hydrogen-bond donors (Lipinski definition) is 0. The Labute approximate surface area is 113 Å². The predicted molar refractivity (Wildman–Crippen MR) is 66.3 cm³/mol. The van der Waals surface area contributed by atoms with Crippen LogP contribution in [-0.4, -0.2) is 11.5 Å². The van der Waals surface area contributed by atoms with Gasteiger partial charge in [0.2, 0.25) is 5.75 Å². The lowest BCUT2D eigenvalue weighted by atomic mass is 10.1. The minimum absolute atomic E-state index is 0.448. The van der Waals surface area contributed by atoms with Crippen LogP contribution in [0.4, 0.5) is 14.5 Å². The molecule has 0 saturated carbocycles. The van der Waals surface area contributed by atoms with E-state index in [1.54, 1.807) is 24.5 Å². The molecule has 1 aromatic heterocycles. The van der Waals surface area contributed by atoms with Crippen LogP contribution in [-0.2, 0) is 7.05 Å². The molecule has 0 aliphatic carbocycles. The summed E-state index contributed by atoms with van der Waals surface area (Å²) >= 11 is 0. The number of rotatable bonds is 4. The molecule has 0 unspecified atom stereocenters. The number of alkyl halides is 2. The fourth-order valence-corrected chi connectivity index (χ4v) is 1.73. The Morgan fingerprint density at radius 3 is 2.40 bits per heavy atom. The molecule has 0 aliphatic rings. The Balaban J connectivity index is 2.45. The van der Waals surface area contributed by atoms with Crippen LogP contribution >= 0.6 is 0 Å². The monoisotopic (exact) mass is 281 g/mol. The van der Waals surface area contributed by atoms with E-state index in [2.05, 4.69) is 4.74 Å². The molecule has 0 spiro atoms. The first kappa shape index (κ1) is 13.9. The van der Waals surface area contributed by atoms with E-state index in [9.17, 15) is 18.9 Å². The summed E-state index contributed by atoms with van der Waals surface area (Å²) in [4.78, 5) is 10.0. The first-order valence-corrected chi connectivity index (χ1v) is 5.66. The first-order chi connectivity index (χ1) is 9.47. The Morgan fingerprint density at radius 2 is 1.85 bits per heavy atom. The molecule has 0 radical (unpaired) electrons. The van der Waals surface area contributed by atoms with Crippen LogP contribution in [0.1, 0.15) is 0 Å². The number of nitro groups is 1. The quantitative estimate of drug-likeness (QED) is 0.492. The van der Waals surface area contributed by atoms with E-state index in [1.165, 1.54) is 12.1 Å². The van der Waals surface area contributed by atoms with Gasteiger partial charge in [-0.25, -0.2) is 4.57 Å². The van der Waals surface area contributed by atoms with Gasteiger partial charge < -0.3 is 4.74 Å². The molecule has 0 saturated heterocycles. The number of benzene rings is 1. The average Bonchev–Trinajstić information content (AvgIpc) is 2.38. The smallest absolute Gasteiger partial charge is 0.387 e. The van der Waals surface area contributed by atoms with Crippen LogP contribution < -0.4 is 9.30 Å². The van der Waals surface area contributed by atoms with Gasteiger partial charge in [-0.1, -0.05) is 0 Å². The fourth-order valence-electron chi connectivity index (χ4n) is 1.73. The van der Waals surface area contributed by atoms with Crippen molar-refractivity contribution in [1.82, 2.24) is 0 Å². The fraction of sp³-hybridized carbons (Fsp3) is 0.154. The maximum Gasteiger partial charge on any atom is 0.387 e. The lowest BCUT2D eigenvalue weighted by molar-refractivity contribution is -0.671. The molecule has 0 amide bonds. The summed E-state index contributed by atoms with van der Waals surface area (Å²) in [7, 11) is 1.84. The van der Waals surface area contributed by atoms with E-state index in [0.717, 1.165) is 11.6 Å². The highest BCUT2D eigenvalue weighted by molar-refractivity contribution is 5.67. The highest BCUT2D eigenvalue weighted by Gasteiger charge is 2.19. The average molecular weight is 281 g/mol. The standard InChI is InChI=1S/C13H11F2N2O3/c1-16-6-4-9(5-7-16)10-2-3-11(17(18)19)12(8-10)20-13(14)15/h2-8,13H,1H3/q+1. The van der Waals surface area contributed by atoms with Crippen LogP contribution in [0.3, 0.4) is 0 Å². The SMILES string of the molecule is C[n+]1ccc(-c2ccc([N+](=O)[O-])c(OC(F)F)c2)cc1. The van der Waals surface area contributed by atoms with Gasteiger partial charge in [-0.2, -0.15) is 8.78 Å². The largest absolute Gasteiger partial charge is 0.427 e. The van der Waals surface area contributed by atoms with E-state index in [-0.39, 0.29) is 0 Å². The van der Waals surface area contributed by atoms with Crippen LogP contribution in [0.25, 0.3) is 11.1 Å². The molecule has 7 heteroatoms. The number of aryl methyl sites for hydroxylation is 1.